The van der Waals surface area contributed by atoms with Gasteiger partial charge in [0.1, 0.15) is 0 Å². The molecule has 0 aromatic rings. The fourth-order valence-corrected chi connectivity index (χ4v) is 12.4. The van der Waals surface area contributed by atoms with E-state index in [1.54, 1.807) is 0 Å². The zero-order valence-electron chi connectivity index (χ0n) is 9.49. The van der Waals surface area contributed by atoms with E-state index in [4.69, 9.17) is 5.73 Å². The minimum Gasteiger partial charge on any atom is -0.330 e. The maximum absolute atomic E-state index is 6.51. The molecule has 0 saturated carbocycles. The maximum Gasteiger partial charge on any atom is 0.0634 e. The van der Waals surface area contributed by atoms with Crippen molar-refractivity contribution in [3.63, 3.8) is 0 Å². The number of rotatable bonds is 3. The van der Waals surface area contributed by atoms with E-state index in [0.29, 0.717) is 0 Å². The van der Waals surface area contributed by atoms with E-state index in [2.05, 4.69) is 46.2 Å². The summed E-state index contributed by atoms with van der Waals surface area (Å²) in [5.41, 5.74) is 6.51. The molecule has 0 aromatic carbocycles. The van der Waals surface area contributed by atoms with Gasteiger partial charge >= 0.3 is 0 Å². The Kier molecular flexibility index (Phi) is 3.38. The zero-order valence-corrected chi connectivity index (χ0v) is 11.5. The molecule has 0 heterocycles. The zero-order chi connectivity index (χ0) is 10.2. The van der Waals surface area contributed by atoms with E-state index in [1.807, 2.05) is 0 Å². The molecule has 1 radical (unpaired) electrons. The van der Waals surface area contributed by atoms with Crippen molar-refractivity contribution in [2.45, 2.75) is 50.5 Å². The van der Waals surface area contributed by atoms with Gasteiger partial charge in [-0.1, -0.05) is 46.2 Å². The molecule has 0 rings (SSSR count). The highest BCUT2D eigenvalue weighted by Gasteiger charge is 2.47. The lowest BCUT2D eigenvalue weighted by molar-refractivity contribution is 0.752. The molecule has 0 fully saturated rings. The number of hydrogen-bond donors (Lipinski definition) is 1. The number of nitrogens with two attached hydrogens (primary N) is 1. The molecule has 0 spiro atoms. The molecule has 0 aliphatic heterocycles. The van der Waals surface area contributed by atoms with Gasteiger partial charge in [-0.15, -0.1) is 0 Å². The minimum atomic E-state index is -1.27. The second kappa shape index (κ2) is 3.27. The molecule has 0 aliphatic carbocycles. The van der Waals surface area contributed by atoms with E-state index in [1.165, 1.54) is 0 Å². The predicted octanol–water partition coefficient (Wildman–Crippen LogP) is 2.66. The molecule has 2 N–H and O–H groups in total. The molecule has 0 unspecified atom stereocenters. The minimum absolute atomic E-state index is 0.0833. The Labute approximate surface area is 79.8 Å². The summed E-state index contributed by atoms with van der Waals surface area (Å²) < 4.78 is 0. The third kappa shape index (κ3) is 2.00. The van der Waals surface area contributed by atoms with Gasteiger partial charge in [0.05, 0.1) is 16.1 Å². The van der Waals surface area contributed by atoms with Crippen LogP contribution in [0.25, 0.3) is 0 Å². The summed E-state index contributed by atoms with van der Waals surface area (Å²) in [5, 5.41) is 0. The van der Waals surface area contributed by atoms with Gasteiger partial charge < -0.3 is 5.73 Å². The molecule has 0 amide bonds. The summed E-state index contributed by atoms with van der Waals surface area (Å²) in [5.74, 6) is 0. The first kappa shape index (κ1) is 12.4. The Morgan fingerprint density at radius 1 is 1.00 bits per heavy atom. The lowest BCUT2D eigenvalue weighted by Crippen LogP contribution is -2.72. The topological polar surface area (TPSA) is 26.0 Å². The van der Waals surface area contributed by atoms with Crippen LogP contribution < -0.4 is 5.73 Å². The quantitative estimate of drug-likeness (QED) is 0.700. The van der Waals surface area contributed by atoms with Crippen LogP contribution in [0.1, 0.15) is 6.42 Å². The van der Waals surface area contributed by atoms with Crippen LogP contribution in [0.5, 0.6) is 0 Å². The van der Waals surface area contributed by atoms with Crippen molar-refractivity contribution in [3.8, 4) is 0 Å². The Hall–Kier alpha value is 0.394. The molecular formula is C9H24NSi2. The van der Waals surface area contributed by atoms with Crippen molar-refractivity contribution in [3.05, 3.63) is 6.92 Å². The van der Waals surface area contributed by atoms with Gasteiger partial charge in [-0.3, -0.25) is 0 Å². The second-order valence-corrected chi connectivity index (χ2v) is 17.0. The van der Waals surface area contributed by atoms with Crippen LogP contribution in [0, 0.1) is 6.92 Å². The van der Waals surface area contributed by atoms with Crippen LogP contribution in [-0.2, 0) is 0 Å². The van der Waals surface area contributed by atoms with Crippen LogP contribution in [0.4, 0.5) is 0 Å². The van der Waals surface area contributed by atoms with Crippen LogP contribution in [0.2, 0.25) is 39.3 Å². The van der Waals surface area contributed by atoms with Crippen molar-refractivity contribution < 1.29 is 0 Å². The lowest BCUT2D eigenvalue weighted by atomic mass is 10.5. The molecule has 0 aromatic heterocycles. The molecular weight excluding hydrogens is 178 g/mol. The largest absolute Gasteiger partial charge is 0.330 e. The first-order valence-electron chi connectivity index (χ1n) is 4.64. The van der Waals surface area contributed by atoms with Crippen molar-refractivity contribution in [2.24, 2.45) is 5.73 Å². The molecule has 73 valence electrons. The maximum atomic E-state index is 6.51. The Balaban J connectivity index is 4.95. The van der Waals surface area contributed by atoms with Crippen LogP contribution in [0.3, 0.4) is 0 Å². The van der Waals surface area contributed by atoms with Crippen LogP contribution in [-0.4, -0.2) is 20.9 Å². The van der Waals surface area contributed by atoms with E-state index in [-0.39, 0.29) is 4.79 Å². The van der Waals surface area contributed by atoms with Gasteiger partial charge in [-0.2, -0.15) is 0 Å². The van der Waals surface area contributed by atoms with Gasteiger partial charge in [0.2, 0.25) is 0 Å². The third-order valence-corrected chi connectivity index (χ3v) is 13.4. The van der Waals surface area contributed by atoms with Gasteiger partial charge in [0.15, 0.2) is 0 Å². The van der Waals surface area contributed by atoms with Crippen molar-refractivity contribution in [1.82, 2.24) is 0 Å². The SMILES string of the molecule is [CH2]CC(N)([Si](C)(C)C)[Si](C)(C)C. The van der Waals surface area contributed by atoms with Gasteiger partial charge in [0, 0.05) is 4.79 Å². The van der Waals surface area contributed by atoms with Crippen LogP contribution in [0.15, 0.2) is 0 Å². The van der Waals surface area contributed by atoms with Gasteiger partial charge in [0.25, 0.3) is 0 Å². The summed E-state index contributed by atoms with van der Waals surface area (Å²) in [6.45, 7) is 18.2. The Bertz CT molecular complexity index is 139. The van der Waals surface area contributed by atoms with Crippen LogP contribution >= 0.6 is 0 Å². The molecule has 12 heavy (non-hydrogen) atoms. The third-order valence-electron chi connectivity index (χ3n) is 3.07. The molecule has 0 aliphatic rings. The van der Waals surface area contributed by atoms with Crippen molar-refractivity contribution in [2.75, 3.05) is 0 Å². The normalized spacial score (nSPS) is 15.0. The van der Waals surface area contributed by atoms with E-state index in [9.17, 15) is 0 Å². The monoisotopic (exact) mass is 202 g/mol. The highest BCUT2D eigenvalue weighted by atomic mass is 28.4. The predicted molar refractivity (Wildman–Crippen MR) is 63.6 cm³/mol. The Morgan fingerprint density at radius 2 is 1.25 bits per heavy atom. The highest BCUT2D eigenvalue weighted by molar-refractivity contribution is 6.98. The van der Waals surface area contributed by atoms with Gasteiger partial charge in [-0.05, 0) is 6.42 Å². The van der Waals surface area contributed by atoms with Crippen molar-refractivity contribution >= 4 is 16.1 Å². The molecule has 0 bridgehead atoms. The molecule has 0 atom stereocenters. The highest BCUT2D eigenvalue weighted by Crippen LogP contribution is 2.30. The average Bonchev–Trinajstić information content (AvgIpc) is 1.81. The first-order chi connectivity index (χ1) is 5.06. The summed E-state index contributed by atoms with van der Waals surface area (Å²) in [7, 11) is -2.54. The first-order valence-corrected chi connectivity index (χ1v) is 11.6. The van der Waals surface area contributed by atoms with E-state index in [0.717, 1.165) is 6.42 Å². The second-order valence-electron chi connectivity index (χ2n) is 5.72. The molecule has 3 heteroatoms. The summed E-state index contributed by atoms with van der Waals surface area (Å²) in [4.78, 5) is 0.0833. The molecule has 0 saturated heterocycles. The summed E-state index contributed by atoms with van der Waals surface area (Å²) in [6, 6.07) is 0. The fourth-order valence-electron chi connectivity index (χ4n) is 1.88. The van der Waals surface area contributed by atoms with Gasteiger partial charge in [-0.25, -0.2) is 0 Å². The lowest BCUT2D eigenvalue weighted by Gasteiger charge is -2.48. The average molecular weight is 202 g/mol. The summed E-state index contributed by atoms with van der Waals surface area (Å²) in [6.07, 6.45) is 0.901. The fraction of sp³-hybridized carbons (Fsp3) is 0.889. The number of hydrogen-bond acceptors (Lipinski definition) is 1. The molecule has 1 nitrogen and oxygen atoms in total. The Morgan fingerprint density at radius 3 is 1.25 bits per heavy atom. The van der Waals surface area contributed by atoms with E-state index < -0.39 is 16.1 Å². The smallest absolute Gasteiger partial charge is 0.0634 e. The van der Waals surface area contributed by atoms with Crippen molar-refractivity contribution in [1.29, 1.82) is 0 Å². The van der Waals surface area contributed by atoms with E-state index >= 15 is 0 Å². The summed E-state index contributed by atoms with van der Waals surface area (Å²) >= 11 is 0. The standard InChI is InChI=1S/C9H24NSi2/c1-8-9(10,11(2,3)4)12(5,6)7/h1,8,10H2,2-7H3.